The third-order valence-electron chi connectivity index (χ3n) is 2.34. The number of hydrogen-bond acceptors (Lipinski definition) is 4. The summed E-state index contributed by atoms with van der Waals surface area (Å²) in [5.41, 5.74) is 1.12. The number of benzene rings is 1. The zero-order chi connectivity index (χ0) is 14.0. The van der Waals surface area contributed by atoms with E-state index < -0.39 is 5.97 Å². The van der Waals surface area contributed by atoms with Gasteiger partial charge in [-0.1, -0.05) is 0 Å². The number of hydrogen-bond donors (Lipinski definition) is 0. The van der Waals surface area contributed by atoms with Gasteiger partial charge in [0.1, 0.15) is 5.75 Å². The van der Waals surface area contributed by atoms with Gasteiger partial charge in [0.05, 0.1) is 15.6 Å². The van der Waals surface area contributed by atoms with Crippen molar-refractivity contribution >= 4 is 49.8 Å². The lowest BCUT2D eigenvalue weighted by atomic mass is 10.2. The number of ether oxygens (including phenoxy) is 2. The molecule has 0 amide bonds. The van der Waals surface area contributed by atoms with E-state index in [1.807, 2.05) is 19.1 Å². The normalized spacial score (nSPS) is 16.5. The van der Waals surface area contributed by atoms with Gasteiger partial charge in [0, 0.05) is 6.92 Å². The lowest BCUT2D eigenvalue weighted by Gasteiger charge is -2.09. The minimum absolute atomic E-state index is 0.292. The first-order chi connectivity index (χ1) is 9.01. The van der Waals surface area contributed by atoms with Crippen LogP contribution in [0.4, 0.5) is 0 Å². The smallest absolute Gasteiger partial charge is 0.363 e. The molecule has 1 aliphatic rings. The molecule has 1 aromatic carbocycles. The van der Waals surface area contributed by atoms with Crippen LogP contribution in [0.15, 0.2) is 31.8 Å². The van der Waals surface area contributed by atoms with Crippen LogP contribution in [0.3, 0.4) is 0 Å². The fourth-order valence-electron chi connectivity index (χ4n) is 1.62. The van der Waals surface area contributed by atoms with Crippen LogP contribution in [0.25, 0.3) is 6.08 Å². The van der Waals surface area contributed by atoms with Gasteiger partial charge in [0.25, 0.3) is 0 Å². The highest BCUT2D eigenvalue weighted by atomic mass is 79.9. The van der Waals surface area contributed by atoms with Gasteiger partial charge in [-0.25, -0.2) is 9.79 Å². The van der Waals surface area contributed by atoms with Crippen LogP contribution in [0.2, 0.25) is 0 Å². The van der Waals surface area contributed by atoms with Crippen LogP contribution in [0.5, 0.6) is 5.75 Å². The molecule has 0 N–H and O–H groups in total. The summed E-state index contributed by atoms with van der Waals surface area (Å²) < 4.78 is 12.0. The van der Waals surface area contributed by atoms with E-state index in [4.69, 9.17) is 9.47 Å². The molecule has 100 valence electrons. The summed E-state index contributed by atoms with van der Waals surface area (Å²) in [6.45, 7) is 4.14. The minimum Gasteiger partial charge on any atom is -0.492 e. The van der Waals surface area contributed by atoms with E-state index in [2.05, 4.69) is 36.9 Å². The highest BCUT2D eigenvalue weighted by Gasteiger charge is 2.20. The summed E-state index contributed by atoms with van der Waals surface area (Å²) in [5, 5.41) is 0. The molecule has 0 atom stereocenters. The van der Waals surface area contributed by atoms with E-state index in [9.17, 15) is 4.79 Å². The van der Waals surface area contributed by atoms with Crippen LogP contribution < -0.4 is 4.74 Å². The molecule has 0 radical (unpaired) electrons. The topological polar surface area (TPSA) is 47.9 Å². The number of halogens is 2. The summed E-state index contributed by atoms with van der Waals surface area (Å²) in [5.74, 6) is 0.664. The zero-order valence-electron chi connectivity index (χ0n) is 10.4. The van der Waals surface area contributed by atoms with Crippen LogP contribution in [-0.2, 0) is 9.53 Å². The fourth-order valence-corrected chi connectivity index (χ4v) is 3.07. The number of carbonyl (C=O) groups is 1. The van der Waals surface area contributed by atoms with Crippen molar-refractivity contribution in [1.82, 2.24) is 0 Å². The van der Waals surface area contributed by atoms with Gasteiger partial charge in [0.15, 0.2) is 11.6 Å². The highest BCUT2D eigenvalue weighted by molar-refractivity contribution is 9.11. The lowest BCUT2D eigenvalue weighted by Crippen LogP contribution is -2.00. The average molecular weight is 389 g/mol. The number of rotatable bonds is 3. The molecule has 19 heavy (non-hydrogen) atoms. The predicted octanol–water partition coefficient (Wildman–Crippen LogP) is 3.93. The van der Waals surface area contributed by atoms with Crippen molar-refractivity contribution in [2.75, 3.05) is 6.61 Å². The van der Waals surface area contributed by atoms with Crippen molar-refractivity contribution in [2.24, 2.45) is 4.99 Å². The first-order valence-corrected chi connectivity index (χ1v) is 7.21. The standard InChI is InChI=1S/C13H11Br2NO3/c1-3-18-12-9(14)4-8(5-10(12)15)6-11-13(17)19-7(2)16-11/h4-6H,3H2,1-2H3. The molecule has 0 aliphatic carbocycles. The Morgan fingerprint density at radius 3 is 2.47 bits per heavy atom. The molecule has 0 spiro atoms. The van der Waals surface area contributed by atoms with Gasteiger partial charge in [0.2, 0.25) is 0 Å². The second kappa shape index (κ2) is 5.88. The summed E-state index contributed by atoms with van der Waals surface area (Å²) in [6, 6.07) is 3.72. The van der Waals surface area contributed by atoms with Gasteiger partial charge in [-0.3, -0.25) is 0 Å². The van der Waals surface area contributed by atoms with E-state index in [1.165, 1.54) is 0 Å². The van der Waals surface area contributed by atoms with E-state index in [0.29, 0.717) is 18.2 Å². The van der Waals surface area contributed by atoms with Gasteiger partial charge < -0.3 is 9.47 Å². The molecular formula is C13H11Br2NO3. The number of carbonyl (C=O) groups excluding carboxylic acids is 1. The Morgan fingerprint density at radius 2 is 2.00 bits per heavy atom. The van der Waals surface area contributed by atoms with Crippen LogP contribution in [0.1, 0.15) is 19.4 Å². The van der Waals surface area contributed by atoms with Gasteiger partial charge in [-0.15, -0.1) is 0 Å². The molecule has 1 heterocycles. The SMILES string of the molecule is CCOc1c(Br)cc(C=C2N=C(C)OC2=O)cc1Br. The Bertz CT molecular complexity index is 571. The molecule has 0 bridgehead atoms. The molecule has 1 aromatic rings. The lowest BCUT2D eigenvalue weighted by molar-refractivity contribution is -0.130. The second-order valence-electron chi connectivity index (χ2n) is 3.80. The molecule has 4 nitrogen and oxygen atoms in total. The molecule has 2 rings (SSSR count). The van der Waals surface area contributed by atoms with Crippen molar-refractivity contribution in [2.45, 2.75) is 13.8 Å². The van der Waals surface area contributed by atoms with Crippen LogP contribution >= 0.6 is 31.9 Å². The maximum Gasteiger partial charge on any atom is 0.363 e. The Morgan fingerprint density at radius 1 is 1.37 bits per heavy atom. The average Bonchev–Trinajstić information content (AvgIpc) is 2.62. The quantitative estimate of drug-likeness (QED) is 0.582. The summed E-state index contributed by atoms with van der Waals surface area (Å²) in [7, 11) is 0. The maximum absolute atomic E-state index is 11.5. The minimum atomic E-state index is -0.432. The molecule has 0 unspecified atom stereocenters. The van der Waals surface area contributed by atoms with Crippen molar-refractivity contribution in [3.05, 3.63) is 32.3 Å². The Balaban J connectivity index is 2.38. The number of aliphatic imine (C=N–C) groups is 1. The van der Waals surface area contributed by atoms with Crippen molar-refractivity contribution in [1.29, 1.82) is 0 Å². The number of cyclic esters (lactones) is 1. The molecule has 0 fully saturated rings. The molecule has 6 heteroatoms. The van der Waals surface area contributed by atoms with E-state index in [-0.39, 0.29) is 0 Å². The van der Waals surface area contributed by atoms with E-state index in [0.717, 1.165) is 20.3 Å². The van der Waals surface area contributed by atoms with E-state index >= 15 is 0 Å². The molecular weight excluding hydrogens is 378 g/mol. The monoisotopic (exact) mass is 387 g/mol. The summed E-state index contributed by atoms with van der Waals surface area (Å²) >= 11 is 6.88. The van der Waals surface area contributed by atoms with Crippen LogP contribution in [-0.4, -0.2) is 18.5 Å². The summed E-state index contributed by atoms with van der Waals surface area (Å²) in [4.78, 5) is 15.5. The van der Waals surface area contributed by atoms with Gasteiger partial charge >= 0.3 is 5.97 Å². The Hall–Kier alpha value is -1.14. The third-order valence-corrected chi connectivity index (χ3v) is 3.52. The summed E-state index contributed by atoms with van der Waals surface area (Å²) in [6.07, 6.45) is 1.67. The van der Waals surface area contributed by atoms with Gasteiger partial charge in [-0.2, -0.15) is 0 Å². The van der Waals surface area contributed by atoms with Crippen LogP contribution in [0, 0.1) is 0 Å². The Kier molecular flexibility index (Phi) is 4.42. The zero-order valence-corrected chi connectivity index (χ0v) is 13.5. The largest absolute Gasteiger partial charge is 0.492 e. The van der Waals surface area contributed by atoms with Crippen molar-refractivity contribution in [3.63, 3.8) is 0 Å². The molecule has 0 saturated carbocycles. The molecule has 1 aliphatic heterocycles. The fraction of sp³-hybridized carbons (Fsp3) is 0.231. The maximum atomic E-state index is 11.5. The second-order valence-corrected chi connectivity index (χ2v) is 5.51. The highest BCUT2D eigenvalue weighted by Crippen LogP contribution is 2.35. The Labute approximate surface area is 127 Å². The molecule has 0 saturated heterocycles. The van der Waals surface area contributed by atoms with E-state index in [1.54, 1.807) is 13.0 Å². The van der Waals surface area contributed by atoms with Crippen molar-refractivity contribution in [3.8, 4) is 5.75 Å². The molecule has 0 aromatic heterocycles. The van der Waals surface area contributed by atoms with Gasteiger partial charge in [-0.05, 0) is 62.6 Å². The third kappa shape index (κ3) is 3.25. The number of nitrogens with zero attached hydrogens (tertiary/aromatic N) is 1. The van der Waals surface area contributed by atoms with Crippen molar-refractivity contribution < 1.29 is 14.3 Å². The first kappa shape index (κ1) is 14.3. The predicted molar refractivity (Wildman–Crippen MR) is 80.2 cm³/mol. The number of esters is 1. The first-order valence-electron chi connectivity index (χ1n) is 5.62.